The second-order valence-electron chi connectivity index (χ2n) is 5.19. The smallest absolute Gasteiger partial charge is 0.273 e. The summed E-state index contributed by atoms with van der Waals surface area (Å²) in [5, 5.41) is 12.1. The minimum atomic E-state index is -0.480. The number of likely N-dealkylation sites (tertiary alicyclic amines) is 1. The van der Waals surface area contributed by atoms with Crippen molar-refractivity contribution < 1.29 is 19.4 Å². The van der Waals surface area contributed by atoms with Gasteiger partial charge in [-0.25, -0.2) is 4.98 Å². The van der Waals surface area contributed by atoms with Gasteiger partial charge in [0.2, 0.25) is 5.91 Å². The third-order valence-corrected chi connectivity index (χ3v) is 3.90. The largest absolute Gasteiger partial charge is 0.505 e. The summed E-state index contributed by atoms with van der Waals surface area (Å²) in [6.07, 6.45) is 2.77. The fourth-order valence-electron chi connectivity index (χ4n) is 2.73. The Hall–Kier alpha value is -2.15. The van der Waals surface area contributed by atoms with Crippen molar-refractivity contribution in [2.45, 2.75) is 25.0 Å². The van der Waals surface area contributed by atoms with Crippen molar-refractivity contribution in [3.63, 3.8) is 0 Å². The van der Waals surface area contributed by atoms with Gasteiger partial charge in [-0.1, -0.05) is 0 Å². The fourth-order valence-corrected chi connectivity index (χ4v) is 2.73. The van der Waals surface area contributed by atoms with Crippen LogP contribution in [0.5, 0.6) is 5.75 Å². The van der Waals surface area contributed by atoms with E-state index >= 15 is 0 Å². The first-order chi connectivity index (χ1) is 10.2. The van der Waals surface area contributed by atoms with E-state index in [0.717, 1.165) is 13.0 Å². The molecule has 2 atom stereocenters. The van der Waals surface area contributed by atoms with Crippen LogP contribution in [-0.2, 0) is 9.53 Å². The summed E-state index contributed by atoms with van der Waals surface area (Å²) in [6.45, 7) is 1.59. The molecule has 21 heavy (non-hydrogen) atoms. The number of aromatic hydroxyl groups is 1. The fraction of sp³-hybridized carbons (Fsp3) is 0.500. The second-order valence-corrected chi connectivity index (χ2v) is 5.19. The van der Waals surface area contributed by atoms with E-state index in [4.69, 9.17) is 4.74 Å². The zero-order valence-electron chi connectivity index (χ0n) is 11.5. The molecule has 2 aliphatic rings. The lowest BCUT2D eigenvalue weighted by Crippen LogP contribution is -2.60. The van der Waals surface area contributed by atoms with Crippen molar-refractivity contribution in [3.05, 3.63) is 24.0 Å². The summed E-state index contributed by atoms with van der Waals surface area (Å²) in [4.78, 5) is 29.4. The van der Waals surface area contributed by atoms with Gasteiger partial charge in [0.1, 0.15) is 5.75 Å². The number of nitrogens with zero attached hydrogens (tertiary/aromatic N) is 2. The first-order valence-electron chi connectivity index (χ1n) is 7.00. The number of ether oxygens (including phenoxy) is 1. The number of aromatic nitrogens is 1. The molecule has 1 aromatic heterocycles. The Labute approximate surface area is 121 Å². The molecule has 2 N–H and O–H groups in total. The molecule has 1 aromatic rings. The van der Waals surface area contributed by atoms with Crippen molar-refractivity contribution in [1.82, 2.24) is 15.2 Å². The van der Waals surface area contributed by atoms with Crippen molar-refractivity contribution in [2.75, 3.05) is 19.7 Å². The normalized spacial score (nSPS) is 23.3. The van der Waals surface area contributed by atoms with Crippen LogP contribution in [0.1, 0.15) is 23.3 Å². The summed E-state index contributed by atoms with van der Waals surface area (Å²) >= 11 is 0. The molecule has 112 valence electrons. The molecular formula is C14H17N3O4. The van der Waals surface area contributed by atoms with Gasteiger partial charge in [-0.05, 0) is 18.6 Å². The van der Waals surface area contributed by atoms with Crippen molar-refractivity contribution in [2.24, 2.45) is 0 Å². The number of fused-ring (bicyclic) bond motifs is 1. The highest BCUT2D eigenvalue weighted by Crippen LogP contribution is 2.30. The molecule has 2 saturated heterocycles. The lowest BCUT2D eigenvalue weighted by atomic mass is 9.98. The predicted molar refractivity (Wildman–Crippen MR) is 72.7 cm³/mol. The highest BCUT2D eigenvalue weighted by molar-refractivity contribution is 5.94. The van der Waals surface area contributed by atoms with Gasteiger partial charge in [-0.3, -0.25) is 9.59 Å². The van der Waals surface area contributed by atoms with Gasteiger partial charge in [0.15, 0.2) is 5.69 Å². The Bertz CT molecular complexity index is 563. The summed E-state index contributed by atoms with van der Waals surface area (Å²) < 4.78 is 5.45. The molecule has 0 radical (unpaired) electrons. The molecule has 2 fully saturated rings. The molecule has 7 nitrogen and oxygen atoms in total. The number of hydrogen-bond donors (Lipinski definition) is 2. The van der Waals surface area contributed by atoms with Gasteiger partial charge in [-0.2, -0.15) is 0 Å². The Morgan fingerprint density at radius 3 is 3.14 bits per heavy atom. The molecule has 0 unspecified atom stereocenters. The van der Waals surface area contributed by atoms with E-state index < -0.39 is 5.91 Å². The molecule has 0 spiro atoms. The van der Waals surface area contributed by atoms with Crippen molar-refractivity contribution in [1.29, 1.82) is 0 Å². The number of carbonyl (C=O) groups excluding carboxylic acids is 2. The monoisotopic (exact) mass is 291 g/mol. The molecule has 2 aliphatic heterocycles. The maximum Gasteiger partial charge on any atom is 0.273 e. The zero-order chi connectivity index (χ0) is 14.8. The van der Waals surface area contributed by atoms with Crippen LogP contribution in [0.4, 0.5) is 0 Å². The predicted octanol–water partition coefficient (Wildman–Crippen LogP) is -0.0932. The molecule has 3 rings (SSSR count). The minimum Gasteiger partial charge on any atom is -0.505 e. The number of nitrogens with one attached hydrogen (secondary N) is 1. The standard InChI is InChI=1S/C14H17N3O4/c18-10-2-1-5-15-13(10)14(20)16-6-3-12(19)17-8-11-9(17)4-7-21-11/h1-2,5,9,11,18H,3-4,6-8H2,(H,16,20)/t9-,11-/m0/s1. The van der Waals surface area contributed by atoms with Crippen LogP contribution < -0.4 is 5.32 Å². The number of hydrogen-bond acceptors (Lipinski definition) is 5. The van der Waals surface area contributed by atoms with Gasteiger partial charge >= 0.3 is 0 Å². The Balaban J connectivity index is 1.45. The van der Waals surface area contributed by atoms with Crippen LogP contribution in [0.3, 0.4) is 0 Å². The van der Waals surface area contributed by atoms with E-state index in [2.05, 4.69) is 10.3 Å². The minimum absolute atomic E-state index is 0.0206. The number of amides is 2. The van der Waals surface area contributed by atoms with Crippen LogP contribution >= 0.6 is 0 Å². The summed E-state index contributed by atoms with van der Waals surface area (Å²) in [6, 6.07) is 3.15. The van der Waals surface area contributed by atoms with E-state index in [0.29, 0.717) is 6.54 Å². The average Bonchev–Trinajstić information content (AvgIpc) is 2.80. The average molecular weight is 291 g/mol. The van der Waals surface area contributed by atoms with Crippen LogP contribution in [0.15, 0.2) is 18.3 Å². The number of carbonyl (C=O) groups is 2. The lowest BCUT2D eigenvalue weighted by Gasteiger charge is -2.43. The van der Waals surface area contributed by atoms with Crippen LogP contribution in [-0.4, -0.2) is 58.6 Å². The molecule has 0 aliphatic carbocycles. The van der Waals surface area contributed by atoms with Gasteiger partial charge in [0, 0.05) is 32.3 Å². The molecule has 0 bridgehead atoms. The van der Waals surface area contributed by atoms with Crippen LogP contribution in [0, 0.1) is 0 Å². The molecule has 0 aromatic carbocycles. The molecule has 2 amide bonds. The lowest BCUT2D eigenvalue weighted by molar-refractivity contribution is -0.146. The van der Waals surface area contributed by atoms with E-state index in [-0.39, 0.29) is 42.5 Å². The third-order valence-electron chi connectivity index (χ3n) is 3.90. The highest BCUT2D eigenvalue weighted by atomic mass is 16.5. The summed E-state index contributed by atoms with van der Waals surface area (Å²) in [5.74, 6) is -0.631. The quantitative estimate of drug-likeness (QED) is 0.808. The maximum atomic E-state index is 12.0. The van der Waals surface area contributed by atoms with Gasteiger partial charge < -0.3 is 20.1 Å². The van der Waals surface area contributed by atoms with Gasteiger partial charge in [-0.15, -0.1) is 0 Å². The third kappa shape index (κ3) is 2.69. The van der Waals surface area contributed by atoms with Gasteiger partial charge in [0.05, 0.1) is 12.1 Å². The molecule has 3 heterocycles. The van der Waals surface area contributed by atoms with E-state index in [1.165, 1.54) is 12.3 Å². The van der Waals surface area contributed by atoms with E-state index in [1.54, 1.807) is 6.07 Å². The first-order valence-corrected chi connectivity index (χ1v) is 7.00. The van der Waals surface area contributed by atoms with Gasteiger partial charge in [0.25, 0.3) is 5.91 Å². The van der Waals surface area contributed by atoms with Crippen molar-refractivity contribution >= 4 is 11.8 Å². The SMILES string of the molecule is O=C(NCCC(=O)N1C[C@@H]2OCC[C@@H]21)c1ncccc1O. The molecule has 0 saturated carbocycles. The Kier molecular flexibility index (Phi) is 3.74. The molecule has 7 heteroatoms. The second kappa shape index (κ2) is 5.69. The van der Waals surface area contributed by atoms with E-state index in [9.17, 15) is 14.7 Å². The maximum absolute atomic E-state index is 12.0. The summed E-state index contributed by atoms with van der Waals surface area (Å²) in [7, 11) is 0. The zero-order valence-corrected chi connectivity index (χ0v) is 11.5. The van der Waals surface area contributed by atoms with E-state index in [1.807, 2.05) is 4.90 Å². The van der Waals surface area contributed by atoms with Crippen LogP contribution in [0.25, 0.3) is 0 Å². The first kappa shape index (κ1) is 13.8. The topological polar surface area (TPSA) is 91.8 Å². The number of rotatable bonds is 4. The Morgan fingerprint density at radius 2 is 2.38 bits per heavy atom. The molecular weight excluding hydrogens is 274 g/mol. The van der Waals surface area contributed by atoms with Crippen molar-refractivity contribution in [3.8, 4) is 5.75 Å². The highest BCUT2D eigenvalue weighted by Gasteiger charge is 2.45. The van der Waals surface area contributed by atoms with Crippen LogP contribution in [0.2, 0.25) is 0 Å². The number of pyridine rings is 1. The Morgan fingerprint density at radius 1 is 1.52 bits per heavy atom. The summed E-state index contributed by atoms with van der Waals surface area (Å²) in [5.41, 5.74) is -0.0295.